The summed E-state index contributed by atoms with van der Waals surface area (Å²) in [5, 5.41) is 11.5. The molecular weight excluding hydrogens is 537 g/mol. The van der Waals surface area contributed by atoms with E-state index in [0.29, 0.717) is 33.9 Å². The number of benzene rings is 3. The number of nitro benzene ring substituents is 1. The maximum Gasteiger partial charge on any atom is 0.269 e. The molecule has 3 aromatic carbocycles. The Bertz CT molecular complexity index is 1450. The van der Waals surface area contributed by atoms with E-state index in [-0.39, 0.29) is 11.2 Å². The third-order valence-corrected chi connectivity index (χ3v) is 5.68. The fraction of sp³-hybridized carbons (Fsp3) is 0.0833. The lowest BCUT2D eigenvalue weighted by atomic mass is 10.1. The number of hydrogen-bond acceptors (Lipinski definition) is 6. The van der Waals surface area contributed by atoms with Gasteiger partial charge in [-0.05, 0) is 76.7 Å². The summed E-state index contributed by atoms with van der Waals surface area (Å²) in [6, 6.07) is 16.7. The number of hydrogen-bond donors (Lipinski definition) is 0. The molecule has 0 bridgehead atoms. The molecule has 166 valence electrons. The smallest absolute Gasteiger partial charge is 0.269 e. The molecule has 0 aliphatic rings. The Morgan fingerprint density at radius 3 is 2.36 bits per heavy atom. The van der Waals surface area contributed by atoms with Crippen LogP contribution in [0.4, 0.5) is 5.69 Å². The van der Waals surface area contributed by atoms with Crippen LogP contribution in [0.1, 0.15) is 11.4 Å². The first-order valence-corrected chi connectivity index (χ1v) is 10.9. The highest BCUT2D eigenvalue weighted by molar-refractivity contribution is 14.1. The zero-order chi connectivity index (χ0) is 23.5. The number of aromatic nitrogens is 2. The molecule has 0 radical (unpaired) electrons. The van der Waals surface area contributed by atoms with E-state index < -0.39 is 4.92 Å². The van der Waals surface area contributed by atoms with Gasteiger partial charge in [0, 0.05) is 15.7 Å². The van der Waals surface area contributed by atoms with E-state index in [1.54, 1.807) is 38.5 Å². The van der Waals surface area contributed by atoms with Crippen molar-refractivity contribution >= 4 is 51.3 Å². The van der Waals surface area contributed by atoms with Crippen LogP contribution in [0.2, 0.25) is 0 Å². The van der Waals surface area contributed by atoms with E-state index in [2.05, 4.69) is 27.6 Å². The summed E-state index contributed by atoms with van der Waals surface area (Å²) in [7, 11) is 3.13. The highest BCUT2D eigenvalue weighted by Gasteiger charge is 2.13. The Labute approximate surface area is 202 Å². The van der Waals surface area contributed by atoms with Crippen LogP contribution < -0.4 is 15.0 Å². The molecule has 33 heavy (non-hydrogen) atoms. The largest absolute Gasteiger partial charge is 0.493 e. The average Bonchev–Trinajstić information content (AvgIpc) is 2.83. The van der Waals surface area contributed by atoms with Gasteiger partial charge in [0.05, 0.1) is 35.7 Å². The van der Waals surface area contributed by atoms with Crippen molar-refractivity contribution in [2.45, 2.75) is 0 Å². The second kappa shape index (κ2) is 9.41. The minimum absolute atomic E-state index is 0.0579. The predicted octanol–water partition coefficient (Wildman–Crippen LogP) is 5.09. The molecular formula is C24H18IN3O5. The van der Waals surface area contributed by atoms with Crippen molar-refractivity contribution in [1.82, 2.24) is 9.55 Å². The molecule has 1 heterocycles. The van der Waals surface area contributed by atoms with E-state index in [0.717, 1.165) is 9.13 Å². The summed E-state index contributed by atoms with van der Waals surface area (Å²) in [4.78, 5) is 28.7. The van der Waals surface area contributed by atoms with Gasteiger partial charge in [0.15, 0.2) is 11.5 Å². The molecule has 8 nitrogen and oxygen atoms in total. The molecule has 0 unspecified atom stereocenters. The van der Waals surface area contributed by atoms with Crippen LogP contribution in [-0.2, 0) is 0 Å². The summed E-state index contributed by atoms with van der Waals surface area (Å²) in [6.07, 6.45) is 3.53. The molecule has 4 aromatic rings. The molecule has 0 aliphatic heterocycles. The van der Waals surface area contributed by atoms with Gasteiger partial charge < -0.3 is 9.47 Å². The van der Waals surface area contributed by atoms with Gasteiger partial charge in [0.25, 0.3) is 11.2 Å². The molecule has 0 spiro atoms. The summed E-state index contributed by atoms with van der Waals surface area (Å²) in [6.45, 7) is 0. The molecule has 0 N–H and O–H groups in total. The first-order valence-electron chi connectivity index (χ1n) is 9.78. The van der Waals surface area contributed by atoms with E-state index >= 15 is 0 Å². The number of non-ortho nitro benzene ring substituents is 1. The number of nitrogens with zero attached hydrogens (tertiary/aromatic N) is 3. The minimum Gasteiger partial charge on any atom is -0.493 e. The predicted molar refractivity (Wildman–Crippen MR) is 135 cm³/mol. The number of nitro groups is 1. The monoisotopic (exact) mass is 555 g/mol. The van der Waals surface area contributed by atoms with Crippen LogP contribution in [-0.4, -0.2) is 28.7 Å². The Morgan fingerprint density at radius 1 is 0.970 bits per heavy atom. The number of rotatable bonds is 6. The second-order valence-corrected chi connectivity index (χ2v) is 8.24. The first-order chi connectivity index (χ1) is 15.9. The van der Waals surface area contributed by atoms with Crippen molar-refractivity contribution in [1.29, 1.82) is 0 Å². The van der Waals surface area contributed by atoms with E-state index in [1.165, 1.54) is 28.8 Å². The van der Waals surface area contributed by atoms with Crippen LogP contribution in [0.25, 0.3) is 28.7 Å². The molecule has 0 atom stereocenters. The zero-order valence-electron chi connectivity index (χ0n) is 17.7. The van der Waals surface area contributed by atoms with Crippen LogP contribution in [0, 0.1) is 13.7 Å². The maximum atomic E-state index is 13.4. The van der Waals surface area contributed by atoms with Gasteiger partial charge in [-0.15, -0.1) is 0 Å². The van der Waals surface area contributed by atoms with Gasteiger partial charge in [-0.2, -0.15) is 0 Å². The van der Waals surface area contributed by atoms with Crippen LogP contribution in [0.5, 0.6) is 11.5 Å². The maximum absolute atomic E-state index is 13.4. The number of fused-ring (bicyclic) bond motifs is 1. The molecule has 0 saturated carbocycles. The van der Waals surface area contributed by atoms with Gasteiger partial charge in [-0.3, -0.25) is 19.5 Å². The second-order valence-electron chi connectivity index (χ2n) is 6.99. The molecule has 0 saturated heterocycles. The third kappa shape index (κ3) is 4.58. The van der Waals surface area contributed by atoms with Gasteiger partial charge >= 0.3 is 0 Å². The van der Waals surface area contributed by atoms with Crippen molar-refractivity contribution < 1.29 is 14.4 Å². The summed E-state index contributed by atoms with van der Waals surface area (Å²) < 4.78 is 13.0. The fourth-order valence-corrected chi connectivity index (χ4v) is 3.88. The molecule has 0 amide bonds. The van der Waals surface area contributed by atoms with Gasteiger partial charge in [0.2, 0.25) is 0 Å². The van der Waals surface area contributed by atoms with Crippen molar-refractivity contribution in [3.63, 3.8) is 0 Å². The highest BCUT2D eigenvalue weighted by atomic mass is 127. The lowest BCUT2D eigenvalue weighted by Gasteiger charge is -2.12. The number of methoxy groups -OCH3 is 2. The van der Waals surface area contributed by atoms with E-state index in [1.807, 2.05) is 24.3 Å². The quantitative estimate of drug-likeness (QED) is 0.187. The number of halogens is 1. The fourth-order valence-electron chi connectivity index (χ4n) is 3.39. The Morgan fingerprint density at radius 2 is 1.70 bits per heavy atom. The zero-order valence-corrected chi connectivity index (χ0v) is 19.8. The minimum atomic E-state index is -0.481. The lowest BCUT2D eigenvalue weighted by molar-refractivity contribution is -0.384. The van der Waals surface area contributed by atoms with Crippen molar-refractivity contribution in [3.8, 4) is 17.2 Å². The summed E-state index contributed by atoms with van der Waals surface area (Å²) in [5.74, 6) is 1.57. The van der Waals surface area contributed by atoms with E-state index in [9.17, 15) is 14.9 Å². The standard InChI is InChI=1S/C24H18IN3O5/c1-32-21-11-3-15(13-22(21)33-2)4-12-23-26-20-10-5-16(25)14-19(20)24(29)27(23)17-6-8-18(9-7-17)28(30)31/h3-14H,1-2H3. The lowest BCUT2D eigenvalue weighted by Crippen LogP contribution is -2.22. The molecule has 4 rings (SSSR count). The molecule has 9 heteroatoms. The Hall–Kier alpha value is -3.73. The first kappa shape index (κ1) is 22.5. The Kier molecular flexibility index (Phi) is 6.40. The van der Waals surface area contributed by atoms with Crippen molar-refractivity contribution in [2.75, 3.05) is 14.2 Å². The number of ether oxygens (including phenoxy) is 2. The average molecular weight is 555 g/mol. The van der Waals surface area contributed by atoms with Crippen molar-refractivity contribution in [3.05, 3.63) is 96.1 Å². The molecule has 0 fully saturated rings. The van der Waals surface area contributed by atoms with Gasteiger partial charge in [-0.25, -0.2) is 4.98 Å². The summed E-state index contributed by atoms with van der Waals surface area (Å²) >= 11 is 2.14. The normalized spacial score (nSPS) is 11.1. The molecule has 0 aliphatic carbocycles. The van der Waals surface area contributed by atoms with E-state index in [4.69, 9.17) is 9.47 Å². The molecule has 1 aromatic heterocycles. The van der Waals surface area contributed by atoms with Crippen LogP contribution >= 0.6 is 22.6 Å². The Balaban J connectivity index is 1.88. The summed E-state index contributed by atoms with van der Waals surface area (Å²) in [5.41, 5.74) is 1.54. The van der Waals surface area contributed by atoms with Gasteiger partial charge in [0.1, 0.15) is 5.82 Å². The highest BCUT2D eigenvalue weighted by Crippen LogP contribution is 2.28. The topological polar surface area (TPSA) is 96.5 Å². The van der Waals surface area contributed by atoms with Crippen molar-refractivity contribution in [2.24, 2.45) is 0 Å². The SMILES string of the molecule is COc1ccc(C=Cc2nc3ccc(I)cc3c(=O)n2-c2ccc([N+](=O)[O-])cc2)cc1OC. The van der Waals surface area contributed by atoms with Crippen LogP contribution in [0.3, 0.4) is 0 Å². The third-order valence-electron chi connectivity index (χ3n) is 5.01. The van der Waals surface area contributed by atoms with Gasteiger partial charge in [-0.1, -0.05) is 12.1 Å². The van der Waals surface area contributed by atoms with Crippen LogP contribution in [0.15, 0.2) is 65.5 Å².